The van der Waals surface area contributed by atoms with Crippen LogP contribution < -0.4 is 10.2 Å². The van der Waals surface area contributed by atoms with Crippen LogP contribution in [0.4, 0.5) is 5.82 Å². The molecule has 24 heavy (non-hydrogen) atoms. The Morgan fingerprint density at radius 1 is 1.46 bits per heavy atom. The maximum atomic E-state index is 12.4. The molecule has 2 N–H and O–H groups in total. The van der Waals surface area contributed by atoms with E-state index in [9.17, 15) is 13.2 Å². The fourth-order valence-electron chi connectivity index (χ4n) is 2.60. The predicted molar refractivity (Wildman–Crippen MR) is 88.5 cm³/mol. The molecule has 1 aliphatic heterocycles. The normalized spacial score (nSPS) is 17.0. The number of hydrogen-bond acceptors (Lipinski definition) is 6. The molecule has 0 aromatic carbocycles. The van der Waals surface area contributed by atoms with Gasteiger partial charge in [-0.3, -0.25) is 4.79 Å². The van der Waals surface area contributed by atoms with Gasteiger partial charge in [-0.05, 0) is 18.4 Å². The summed E-state index contributed by atoms with van der Waals surface area (Å²) in [7, 11) is -3.40. The zero-order valence-corrected chi connectivity index (χ0v) is 14.8. The lowest BCUT2D eigenvalue weighted by Gasteiger charge is -2.30. The van der Waals surface area contributed by atoms with Gasteiger partial charge in [-0.25, -0.2) is 8.42 Å². The lowest BCUT2D eigenvalue weighted by Crippen LogP contribution is -3.15. The molecular weight excluding hydrogens is 352 g/mol. The molecule has 8 nitrogen and oxygen atoms in total. The van der Waals surface area contributed by atoms with Crippen molar-refractivity contribution in [1.82, 2.24) is 9.46 Å². The van der Waals surface area contributed by atoms with Crippen LogP contribution in [-0.4, -0.2) is 56.5 Å². The minimum atomic E-state index is -3.40. The van der Waals surface area contributed by atoms with Crippen molar-refractivity contribution in [1.29, 1.82) is 0 Å². The van der Waals surface area contributed by atoms with Crippen LogP contribution in [-0.2, 0) is 14.8 Å². The molecular formula is C14H19N4O4S2+. The number of thiophene rings is 1. The molecule has 0 aliphatic carbocycles. The molecule has 0 radical (unpaired) electrons. The minimum absolute atomic E-state index is 0.159. The summed E-state index contributed by atoms with van der Waals surface area (Å²) in [5.74, 6) is 0.869. The number of nitrogens with zero attached hydrogens (tertiary/aromatic N) is 2. The van der Waals surface area contributed by atoms with Crippen LogP contribution in [0.15, 0.2) is 32.3 Å². The third-order valence-electron chi connectivity index (χ3n) is 3.82. The van der Waals surface area contributed by atoms with E-state index in [2.05, 4.69) is 10.5 Å². The Morgan fingerprint density at radius 2 is 2.21 bits per heavy atom. The van der Waals surface area contributed by atoms with E-state index >= 15 is 0 Å². The standard InChI is InChI=1S/C14H18N4O4S2/c1-11-9-12(16-22-11)15-13(19)10-17-4-6-18(7-5-17)24(20,21)14-3-2-8-23-14/h2-3,8-9H,4-7,10H2,1H3,(H,15,16,19)/p+1. The van der Waals surface area contributed by atoms with Gasteiger partial charge in [0, 0.05) is 6.07 Å². The number of aryl methyl sites for hydroxylation is 1. The molecule has 1 saturated heterocycles. The van der Waals surface area contributed by atoms with Gasteiger partial charge < -0.3 is 14.7 Å². The van der Waals surface area contributed by atoms with Gasteiger partial charge >= 0.3 is 0 Å². The van der Waals surface area contributed by atoms with E-state index in [0.717, 1.165) is 4.90 Å². The second-order valence-electron chi connectivity index (χ2n) is 5.63. The van der Waals surface area contributed by atoms with Crippen LogP contribution in [0, 0.1) is 6.92 Å². The van der Waals surface area contributed by atoms with Crippen molar-refractivity contribution in [3.05, 3.63) is 29.3 Å². The highest BCUT2D eigenvalue weighted by Gasteiger charge is 2.31. The second kappa shape index (κ2) is 7.01. The van der Waals surface area contributed by atoms with Crippen molar-refractivity contribution < 1.29 is 22.6 Å². The summed E-state index contributed by atoms with van der Waals surface area (Å²) >= 11 is 1.22. The first-order chi connectivity index (χ1) is 11.4. The number of nitrogens with one attached hydrogen (secondary N) is 2. The highest BCUT2D eigenvalue weighted by Crippen LogP contribution is 2.20. The van der Waals surface area contributed by atoms with E-state index < -0.39 is 10.0 Å². The van der Waals surface area contributed by atoms with Crippen molar-refractivity contribution in [2.75, 3.05) is 38.0 Å². The number of anilines is 1. The molecule has 3 rings (SSSR count). The lowest BCUT2D eigenvalue weighted by atomic mass is 10.3. The number of carbonyl (C=O) groups is 1. The van der Waals surface area contributed by atoms with Gasteiger partial charge in [0.2, 0.25) is 0 Å². The summed E-state index contributed by atoms with van der Waals surface area (Å²) < 4.78 is 31.7. The first-order valence-electron chi connectivity index (χ1n) is 7.55. The summed E-state index contributed by atoms with van der Waals surface area (Å²) in [6.07, 6.45) is 0. The number of sulfonamides is 1. The first kappa shape index (κ1) is 17.1. The largest absolute Gasteiger partial charge is 0.360 e. The number of carbonyl (C=O) groups excluding carboxylic acids is 1. The van der Waals surface area contributed by atoms with Gasteiger partial charge in [0.05, 0.1) is 26.2 Å². The Morgan fingerprint density at radius 3 is 2.79 bits per heavy atom. The third-order valence-corrected chi connectivity index (χ3v) is 7.10. The molecule has 1 fully saturated rings. The zero-order chi connectivity index (χ0) is 17.2. The number of hydrogen-bond donors (Lipinski definition) is 2. The molecule has 1 amide bonds. The van der Waals surface area contributed by atoms with Crippen LogP contribution in [0.3, 0.4) is 0 Å². The van der Waals surface area contributed by atoms with Gasteiger partial charge in [0.25, 0.3) is 15.9 Å². The fourth-order valence-corrected chi connectivity index (χ4v) is 5.18. The molecule has 2 aromatic heterocycles. The fraction of sp³-hybridized carbons (Fsp3) is 0.429. The molecule has 0 unspecified atom stereocenters. The first-order valence-corrected chi connectivity index (χ1v) is 9.87. The zero-order valence-electron chi connectivity index (χ0n) is 13.2. The number of amides is 1. The molecule has 130 valence electrons. The maximum Gasteiger partial charge on any atom is 0.280 e. The highest BCUT2D eigenvalue weighted by atomic mass is 32.2. The minimum Gasteiger partial charge on any atom is -0.360 e. The molecule has 10 heteroatoms. The smallest absolute Gasteiger partial charge is 0.280 e. The Hall–Kier alpha value is -1.75. The van der Waals surface area contributed by atoms with E-state index in [4.69, 9.17) is 4.52 Å². The van der Waals surface area contributed by atoms with Crippen LogP contribution in [0.25, 0.3) is 0 Å². The van der Waals surface area contributed by atoms with Crippen molar-refractivity contribution >= 4 is 33.1 Å². The summed E-state index contributed by atoms with van der Waals surface area (Å²) in [5, 5.41) is 8.15. The van der Waals surface area contributed by atoms with Gasteiger partial charge in [0.15, 0.2) is 12.4 Å². The van der Waals surface area contributed by atoms with Crippen LogP contribution in [0.2, 0.25) is 0 Å². The molecule has 2 aromatic rings. The number of quaternary nitrogens is 1. The summed E-state index contributed by atoms with van der Waals surface area (Å²) in [6, 6.07) is 5.00. The third kappa shape index (κ3) is 3.83. The van der Waals surface area contributed by atoms with Crippen molar-refractivity contribution in [2.45, 2.75) is 11.1 Å². The monoisotopic (exact) mass is 371 g/mol. The highest BCUT2D eigenvalue weighted by molar-refractivity contribution is 7.91. The predicted octanol–water partition coefficient (Wildman–Crippen LogP) is -0.428. The SMILES string of the molecule is Cc1cc(NC(=O)C[NH+]2CCN(S(=O)(=O)c3cccs3)CC2)no1. The van der Waals surface area contributed by atoms with Crippen molar-refractivity contribution in [3.63, 3.8) is 0 Å². The maximum absolute atomic E-state index is 12.4. The summed E-state index contributed by atoms with van der Waals surface area (Å²) in [6.45, 7) is 4.03. The molecule has 3 heterocycles. The van der Waals surface area contributed by atoms with Crippen LogP contribution >= 0.6 is 11.3 Å². The van der Waals surface area contributed by atoms with Crippen LogP contribution in [0.1, 0.15) is 5.76 Å². The van der Waals surface area contributed by atoms with Crippen molar-refractivity contribution in [3.8, 4) is 0 Å². The average molecular weight is 371 g/mol. The summed E-state index contributed by atoms with van der Waals surface area (Å²) in [5.41, 5.74) is 0. The van der Waals surface area contributed by atoms with E-state index in [1.165, 1.54) is 15.6 Å². The number of piperazine rings is 1. The van der Waals surface area contributed by atoms with Gasteiger partial charge in [-0.15, -0.1) is 11.3 Å². The Labute approximate surface area is 144 Å². The molecule has 0 spiro atoms. The van der Waals surface area contributed by atoms with Gasteiger partial charge in [-0.1, -0.05) is 11.2 Å². The molecule has 0 saturated carbocycles. The van der Waals surface area contributed by atoms with Crippen molar-refractivity contribution in [2.24, 2.45) is 0 Å². The van der Waals surface area contributed by atoms with Crippen LogP contribution in [0.5, 0.6) is 0 Å². The van der Waals surface area contributed by atoms with Gasteiger partial charge in [0.1, 0.15) is 9.97 Å². The van der Waals surface area contributed by atoms with E-state index in [1.807, 2.05) is 0 Å². The van der Waals surface area contributed by atoms with Gasteiger partial charge in [-0.2, -0.15) is 4.31 Å². The average Bonchev–Trinajstić information content (AvgIpc) is 3.20. The van der Waals surface area contributed by atoms with E-state index in [1.54, 1.807) is 30.5 Å². The molecule has 1 aliphatic rings. The molecule has 0 bridgehead atoms. The number of aromatic nitrogens is 1. The topological polar surface area (TPSA) is 97.0 Å². The Balaban J connectivity index is 1.51. The van der Waals surface area contributed by atoms with E-state index in [0.29, 0.717) is 42.0 Å². The quantitative estimate of drug-likeness (QED) is 0.744. The second-order valence-corrected chi connectivity index (χ2v) is 8.75. The van der Waals surface area contributed by atoms with E-state index in [-0.39, 0.29) is 12.5 Å². The number of rotatable bonds is 5. The summed E-state index contributed by atoms with van der Waals surface area (Å²) in [4.78, 5) is 13.1. The lowest BCUT2D eigenvalue weighted by molar-refractivity contribution is -0.895. The molecule has 0 atom stereocenters. The Bertz CT molecular complexity index is 793. The Kier molecular flexibility index (Phi) is 4.99.